The number of hydrogen-bond acceptors (Lipinski definition) is 4. The predicted octanol–water partition coefficient (Wildman–Crippen LogP) is 2.88. The van der Waals surface area contributed by atoms with Crippen molar-refractivity contribution in [3.05, 3.63) is 23.1 Å². The third-order valence-corrected chi connectivity index (χ3v) is 1.72. The van der Waals surface area contributed by atoms with Crippen LogP contribution in [0.2, 0.25) is 0 Å². The Balaban J connectivity index is 2.84. The van der Waals surface area contributed by atoms with Crippen LogP contribution in [0.4, 0.5) is 5.69 Å². The molecule has 14 heavy (non-hydrogen) atoms. The molecule has 0 spiro atoms. The molecule has 0 unspecified atom stereocenters. The summed E-state index contributed by atoms with van der Waals surface area (Å²) in [5.74, 6) is 1.13. The molecule has 0 saturated carbocycles. The van der Waals surface area contributed by atoms with Gasteiger partial charge in [0.15, 0.2) is 5.75 Å². The van der Waals surface area contributed by atoms with Gasteiger partial charge in [-0.25, -0.2) is 0 Å². The maximum absolute atomic E-state index is 10.3. The third-order valence-electron chi connectivity index (χ3n) is 1.72. The molecule has 0 amide bonds. The molecule has 4 nitrogen and oxygen atoms in total. The first-order valence-corrected chi connectivity index (χ1v) is 4.46. The molecule has 76 valence electrons. The predicted molar refractivity (Wildman–Crippen MR) is 54.2 cm³/mol. The van der Waals surface area contributed by atoms with Crippen LogP contribution >= 0.6 is 0 Å². The van der Waals surface area contributed by atoms with E-state index in [9.17, 15) is 4.91 Å². The second-order valence-corrected chi connectivity index (χ2v) is 2.77. The van der Waals surface area contributed by atoms with Crippen LogP contribution in [0, 0.1) is 4.91 Å². The van der Waals surface area contributed by atoms with Crippen LogP contribution in [0.5, 0.6) is 11.5 Å². The van der Waals surface area contributed by atoms with Gasteiger partial charge < -0.3 is 9.47 Å². The quantitative estimate of drug-likeness (QED) is 0.678. The molecular weight excluding hydrogens is 182 g/mol. The van der Waals surface area contributed by atoms with Crippen molar-refractivity contribution in [2.45, 2.75) is 13.3 Å². The van der Waals surface area contributed by atoms with E-state index >= 15 is 0 Å². The average Bonchev–Trinajstić information content (AvgIpc) is 2.25. The van der Waals surface area contributed by atoms with Gasteiger partial charge in [-0.05, 0) is 23.7 Å². The SMILES string of the molecule is CCCOc1ccc(N=O)c(OC)c1. The second kappa shape index (κ2) is 5.21. The molecule has 0 aromatic heterocycles. The van der Waals surface area contributed by atoms with Gasteiger partial charge in [0.2, 0.25) is 0 Å². The second-order valence-electron chi connectivity index (χ2n) is 2.77. The Labute approximate surface area is 82.8 Å². The van der Waals surface area contributed by atoms with E-state index in [0.717, 1.165) is 6.42 Å². The molecule has 0 atom stereocenters. The molecule has 0 aliphatic heterocycles. The summed E-state index contributed by atoms with van der Waals surface area (Å²) in [6.07, 6.45) is 0.940. The van der Waals surface area contributed by atoms with Gasteiger partial charge >= 0.3 is 0 Å². The molecular formula is C10H13NO3. The highest BCUT2D eigenvalue weighted by molar-refractivity contribution is 5.54. The van der Waals surface area contributed by atoms with Crippen molar-refractivity contribution in [3.8, 4) is 11.5 Å². The lowest BCUT2D eigenvalue weighted by Crippen LogP contribution is -1.95. The lowest BCUT2D eigenvalue weighted by Gasteiger charge is -2.07. The van der Waals surface area contributed by atoms with Crippen molar-refractivity contribution >= 4 is 5.69 Å². The zero-order valence-corrected chi connectivity index (χ0v) is 8.32. The maximum Gasteiger partial charge on any atom is 0.151 e. The highest BCUT2D eigenvalue weighted by Crippen LogP contribution is 2.31. The summed E-state index contributed by atoms with van der Waals surface area (Å²) in [7, 11) is 1.49. The van der Waals surface area contributed by atoms with Gasteiger partial charge in [0.25, 0.3) is 0 Å². The minimum atomic E-state index is 0.288. The minimum Gasteiger partial charge on any atom is -0.494 e. The summed E-state index contributed by atoms with van der Waals surface area (Å²) in [5, 5.41) is 2.83. The van der Waals surface area contributed by atoms with Crippen LogP contribution < -0.4 is 9.47 Å². The summed E-state index contributed by atoms with van der Waals surface area (Å²) in [6, 6.07) is 4.94. The lowest BCUT2D eigenvalue weighted by molar-refractivity contribution is 0.315. The molecule has 0 fully saturated rings. The first kappa shape index (κ1) is 10.5. The number of nitroso groups, excluding NO2 is 1. The number of benzene rings is 1. The summed E-state index contributed by atoms with van der Waals surface area (Å²) in [4.78, 5) is 10.3. The van der Waals surface area contributed by atoms with Gasteiger partial charge in [0, 0.05) is 6.07 Å². The fourth-order valence-corrected chi connectivity index (χ4v) is 1.04. The fraction of sp³-hybridized carbons (Fsp3) is 0.400. The van der Waals surface area contributed by atoms with E-state index in [1.54, 1.807) is 18.2 Å². The molecule has 0 bridgehead atoms. The van der Waals surface area contributed by atoms with Crippen LogP contribution in [0.15, 0.2) is 23.4 Å². The zero-order valence-electron chi connectivity index (χ0n) is 8.32. The number of rotatable bonds is 5. The van der Waals surface area contributed by atoms with Crippen LogP contribution in [0.25, 0.3) is 0 Å². The Hall–Kier alpha value is -1.58. The van der Waals surface area contributed by atoms with Gasteiger partial charge in [-0.3, -0.25) is 0 Å². The van der Waals surface area contributed by atoms with E-state index in [0.29, 0.717) is 18.1 Å². The summed E-state index contributed by atoms with van der Waals surface area (Å²) in [6.45, 7) is 2.68. The third kappa shape index (κ3) is 2.45. The van der Waals surface area contributed by atoms with Crippen molar-refractivity contribution in [2.75, 3.05) is 13.7 Å². The molecule has 1 aromatic rings. The largest absolute Gasteiger partial charge is 0.494 e. The normalized spacial score (nSPS) is 9.57. The highest BCUT2D eigenvalue weighted by Gasteiger charge is 2.04. The van der Waals surface area contributed by atoms with Crippen molar-refractivity contribution in [3.63, 3.8) is 0 Å². The van der Waals surface area contributed by atoms with E-state index < -0.39 is 0 Å². The van der Waals surface area contributed by atoms with Gasteiger partial charge in [-0.15, -0.1) is 4.91 Å². The first-order valence-electron chi connectivity index (χ1n) is 4.46. The molecule has 0 aliphatic rings. The topological polar surface area (TPSA) is 47.9 Å². The van der Waals surface area contributed by atoms with Crippen molar-refractivity contribution in [1.82, 2.24) is 0 Å². The highest BCUT2D eigenvalue weighted by atomic mass is 16.5. The summed E-state index contributed by atoms with van der Waals surface area (Å²) < 4.78 is 10.4. The maximum atomic E-state index is 10.3. The van der Waals surface area contributed by atoms with Gasteiger partial charge in [0.1, 0.15) is 11.4 Å². The Bertz CT molecular complexity index is 312. The Morgan fingerprint density at radius 2 is 2.21 bits per heavy atom. The van der Waals surface area contributed by atoms with Crippen LogP contribution in [-0.4, -0.2) is 13.7 Å². The summed E-state index contributed by atoms with van der Waals surface area (Å²) >= 11 is 0. The van der Waals surface area contributed by atoms with E-state index in [-0.39, 0.29) is 5.69 Å². The Kier molecular flexibility index (Phi) is 3.91. The van der Waals surface area contributed by atoms with E-state index in [2.05, 4.69) is 5.18 Å². The standard InChI is InChI=1S/C10H13NO3/c1-3-6-14-8-4-5-9(11-12)10(7-8)13-2/h4-5,7H,3,6H2,1-2H3. The van der Waals surface area contributed by atoms with Crippen molar-refractivity contribution in [2.24, 2.45) is 5.18 Å². The summed E-state index contributed by atoms with van der Waals surface area (Å²) in [5.41, 5.74) is 0.288. The number of hydrogen-bond donors (Lipinski definition) is 0. The average molecular weight is 195 g/mol. The zero-order chi connectivity index (χ0) is 10.4. The monoisotopic (exact) mass is 195 g/mol. The molecule has 4 heteroatoms. The first-order chi connectivity index (χ1) is 6.81. The molecule has 1 aromatic carbocycles. The molecule has 0 N–H and O–H groups in total. The molecule has 0 aliphatic carbocycles. The smallest absolute Gasteiger partial charge is 0.151 e. The number of methoxy groups -OCH3 is 1. The van der Waals surface area contributed by atoms with Crippen molar-refractivity contribution < 1.29 is 9.47 Å². The van der Waals surface area contributed by atoms with Gasteiger partial charge in [-0.1, -0.05) is 6.92 Å². The van der Waals surface area contributed by atoms with Gasteiger partial charge in [-0.2, -0.15) is 0 Å². The molecule has 0 radical (unpaired) electrons. The molecule has 0 heterocycles. The van der Waals surface area contributed by atoms with Crippen LogP contribution in [0.1, 0.15) is 13.3 Å². The van der Waals surface area contributed by atoms with Gasteiger partial charge in [0.05, 0.1) is 13.7 Å². The molecule has 1 rings (SSSR count). The molecule has 0 saturated heterocycles. The van der Waals surface area contributed by atoms with E-state index in [1.807, 2.05) is 6.92 Å². The lowest BCUT2D eigenvalue weighted by atomic mass is 10.3. The van der Waals surface area contributed by atoms with Crippen LogP contribution in [0.3, 0.4) is 0 Å². The van der Waals surface area contributed by atoms with E-state index in [4.69, 9.17) is 9.47 Å². The minimum absolute atomic E-state index is 0.288. The van der Waals surface area contributed by atoms with Crippen molar-refractivity contribution in [1.29, 1.82) is 0 Å². The fourth-order valence-electron chi connectivity index (χ4n) is 1.04. The van der Waals surface area contributed by atoms with Crippen LogP contribution in [-0.2, 0) is 0 Å². The number of ether oxygens (including phenoxy) is 2. The Morgan fingerprint density at radius 1 is 1.43 bits per heavy atom. The number of nitrogens with zero attached hydrogens (tertiary/aromatic N) is 1. The Morgan fingerprint density at radius 3 is 2.79 bits per heavy atom. The van der Waals surface area contributed by atoms with E-state index in [1.165, 1.54) is 7.11 Å².